The molecule has 1 saturated heterocycles. The van der Waals surface area contributed by atoms with E-state index in [0.29, 0.717) is 37.4 Å². The van der Waals surface area contributed by atoms with Crippen molar-refractivity contribution in [3.05, 3.63) is 18.2 Å². The van der Waals surface area contributed by atoms with Crippen LogP contribution in [0.5, 0.6) is 0 Å². The smallest absolute Gasteiger partial charge is 0.243 e. The molecule has 0 aromatic heterocycles. The molecule has 0 radical (unpaired) electrons. The summed E-state index contributed by atoms with van der Waals surface area (Å²) in [6.07, 6.45) is 2.84. The highest BCUT2D eigenvalue weighted by Crippen LogP contribution is 2.30. The maximum Gasteiger partial charge on any atom is 0.243 e. The molecular weight excluding hydrogens is 314 g/mol. The Bertz CT molecular complexity index is 667. The van der Waals surface area contributed by atoms with E-state index < -0.39 is 10.0 Å². The first-order chi connectivity index (χ1) is 10.9. The third kappa shape index (κ3) is 3.67. The van der Waals surface area contributed by atoms with Crippen LogP contribution in [-0.4, -0.2) is 38.3 Å². The van der Waals surface area contributed by atoms with Crippen molar-refractivity contribution in [2.45, 2.75) is 44.4 Å². The second kappa shape index (κ2) is 7.31. The van der Waals surface area contributed by atoms with Crippen molar-refractivity contribution < 1.29 is 13.2 Å². The fourth-order valence-corrected chi connectivity index (χ4v) is 4.50. The van der Waals surface area contributed by atoms with Crippen LogP contribution >= 0.6 is 0 Å². The van der Waals surface area contributed by atoms with Crippen LogP contribution in [0.3, 0.4) is 0 Å². The summed E-state index contributed by atoms with van der Waals surface area (Å²) in [5, 5.41) is 0. The largest absolute Gasteiger partial charge is 0.397 e. The Kier molecular flexibility index (Phi) is 5.64. The van der Waals surface area contributed by atoms with Crippen molar-refractivity contribution in [2.75, 3.05) is 30.3 Å². The van der Waals surface area contributed by atoms with Crippen molar-refractivity contribution in [3.63, 3.8) is 0 Å². The van der Waals surface area contributed by atoms with Crippen LogP contribution in [0.2, 0.25) is 0 Å². The van der Waals surface area contributed by atoms with Gasteiger partial charge in [0.1, 0.15) is 0 Å². The van der Waals surface area contributed by atoms with E-state index >= 15 is 0 Å². The molecule has 0 spiro atoms. The molecule has 1 amide bonds. The van der Waals surface area contributed by atoms with Crippen LogP contribution < -0.4 is 10.6 Å². The highest BCUT2D eigenvalue weighted by molar-refractivity contribution is 7.89. The van der Waals surface area contributed by atoms with Gasteiger partial charge in [-0.2, -0.15) is 4.31 Å². The molecule has 2 rings (SSSR count). The monoisotopic (exact) mass is 339 g/mol. The minimum Gasteiger partial charge on any atom is -0.397 e. The van der Waals surface area contributed by atoms with Crippen molar-refractivity contribution in [1.29, 1.82) is 0 Å². The summed E-state index contributed by atoms with van der Waals surface area (Å²) in [7, 11) is -3.55. The van der Waals surface area contributed by atoms with Gasteiger partial charge in [0.2, 0.25) is 15.9 Å². The molecule has 1 aromatic carbocycles. The van der Waals surface area contributed by atoms with E-state index in [1.54, 1.807) is 17.0 Å². The lowest BCUT2D eigenvalue weighted by Gasteiger charge is -2.23. The predicted molar refractivity (Wildman–Crippen MR) is 91.8 cm³/mol. The van der Waals surface area contributed by atoms with Gasteiger partial charge in [0, 0.05) is 26.1 Å². The number of hydrogen-bond acceptors (Lipinski definition) is 4. The van der Waals surface area contributed by atoms with Crippen LogP contribution in [0, 0.1) is 0 Å². The highest BCUT2D eigenvalue weighted by atomic mass is 32.2. The van der Waals surface area contributed by atoms with Gasteiger partial charge in [-0.1, -0.05) is 13.8 Å². The van der Waals surface area contributed by atoms with Gasteiger partial charge in [-0.25, -0.2) is 8.42 Å². The standard InChI is InChI=1S/C16H25N3O3S/c1-3-9-18(10-4-2)23(21,22)13-7-8-15(14(17)12-13)19-11-5-6-16(19)20/h7-8,12H,3-6,9-11,17H2,1-2H3. The summed E-state index contributed by atoms with van der Waals surface area (Å²) >= 11 is 0. The molecule has 0 saturated carbocycles. The number of amides is 1. The molecule has 0 atom stereocenters. The average Bonchev–Trinajstić information content (AvgIpc) is 2.93. The molecule has 6 nitrogen and oxygen atoms in total. The molecule has 2 N–H and O–H groups in total. The zero-order valence-corrected chi connectivity index (χ0v) is 14.6. The Hall–Kier alpha value is -1.60. The number of rotatable bonds is 7. The van der Waals surface area contributed by atoms with Crippen molar-refractivity contribution in [3.8, 4) is 0 Å². The van der Waals surface area contributed by atoms with E-state index in [1.165, 1.54) is 10.4 Å². The van der Waals surface area contributed by atoms with Crippen LogP contribution in [0.4, 0.5) is 11.4 Å². The summed E-state index contributed by atoms with van der Waals surface area (Å²) in [4.78, 5) is 13.6. The van der Waals surface area contributed by atoms with E-state index in [9.17, 15) is 13.2 Å². The number of hydrogen-bond donors (Lipinski definition) is 1. The number of carbonyl (C=O) groups excluding carboxylic acids is 1. The summed E-state index contributed by atoms with van der Waals surface area (Å²) in [6.45, 7) is 5.51. The summed E-state index contributed by atoms with van der Waals surface area (Å²) in [5.74, 6) is 0.0332. The molecule has 1 heterocycles. The van der Waals surface area contributed by atoms with Gasteiger partial charge < -0.3 is 10.6 Å². The zero-order chi connectivity index (χ0) is 17.0. The Morgan fingerprint density at radius 1 is 1.22 bits per heavy atom. The van der Waals surface area contributed by atoms with E-state index in [4.69, 9.17) is 5.73 Å². The summed E-state index contributed by atoms with van der Waals surface area (Å²) in [5.41, 5.74) is 6.96. The summed E-state index contributed by atoms with van der Waals surface area (Å²) < 4.78 is 27.0. The minimum atomic E-state index is -3.55. The Morgan fingerprint density at radius 2 is 1.87 bits per heavy atom. The van der Waals surface area contributed by atoms with Crippen molar-refractivity contribution in [2.24, 2.45) is 0 Å². The number of nitrogens with two attached hydrogens (primary N) is 1. The van der Waals surface area contributed by atoms with Gasteiger partial charge in [-0.15, -0.1) is 0 Å². The van der Waals surface area contributed by atoms with Crippen LogP contribution in [-0.2, 0) is 14.8 Å². The predicted octanol–water partition coefficient (Wildman–Crippen LogP) is 2.21. The van der Waals surface area contributed by atoms with Gasteiger partial charge in [-0.3, -0.25) is 4.79 Å². The van der Waals surface area contributed by atoms with E-state index in [1.807, 2.05) is 13.8 Å². The molecule has 1 fully saturated rings. The van der Waals surface area contributed by atoms with Gasteiger partial charge in [0.15, 0.2) is 0 Å². The van der Waals surface area contributed by atoms with Crippen molar-refractivity contribution >= 4 is 27.3 Å². The Balaban J connectivity index is 2.33. The molecule has 128 valence electrons. The van der Waals surface area contributed by atoms with Gasteiger partial charge in [0.05, 0.1) is 16.3 Å². The van der Waals surface area contributed by atoms with Gasteiger partial charge >= 0.3 is 0 Å². The third-order valence-corrected chi connectivity index (χ3v) is 5.84. The molecule has 7 heteroatoms. The van der Waals surface area contributed by atoms with E-state index in [-0.39, 0.29) is 10.8 Å². The molecular formula is C16H25N3O3S. The van der Waals surface area contributed by atoms with E-state index in [0.717, 1.165) is 19.3 Å². The number of nitrogen functional groups attached to an aromatic ring is 1. The van der Waals surface area contributed by atoms with Crippen LogP contribution in [0.15, 0.2) is 23.1 Å². The second-order valence-corrected chi connectivity index (χ2v) is 7.71. The molecule has 1 aromatic rings. The Morgan fingerprint density at radius 3 is 2.35 bits per heavy atom. The molecule has 0 unspecified atom stereocenters. The van der Waals surface area contributed by atoms with Gasteiger partial charge in [-0.05, 0) is 37.5 Å². The molecule has 0 aliphatic carbocycles. The molecule has 0 bridgehead atoms. The maximum absolute atomic E-state index is 12.8. The van der Waals surface area contributed by atoms with E-state index in [2.05, 4.69) is 0 Å². The lowest BCUT2D eigenvalue weighted by atomic mass is 10.2. The lowest BCUT2D eigenvalue weighted by molar-refractivity contribution is -0.117. The zero-order valence-electron chi connectivity index (χ0n) is 13.8. The first-order valence-corrected chi connectivity index (χ1v) is 9.55. The molecule has 1 aliphatic heterocycles. The number of sulfonamides is 1. The SMILES string of the molecule is CCCN(CCC)S(=O)(=O)c1ccc(N2CCCC2=O)c(N)c1. The maximum atomic E-state index is 12.8. The lowest BCUT2D eigenvalue weighted by Crippen LogP contribution is -2.32. The number of anilines is 2. The second-order valence-electron chi connectivity index (χ2n) is 5.77. The van der Waals surface area contributed by atoms with Gasteiger partial charge in [0.25, 0.3) is 0 Å². The average molecular weight is 339 g/mol. The summed E-state index contributed by atoms with van der Waals surface area (Å²) in [6, 6.07) is 4.65. The third-order valence-electron chi connectivity index (χ3n) is 3.95. The Labute approximate surface area is 138 Å². The first-order valence-electron chi connectivity index (χ1n) is 8.11. The highest BCUT2D eigenvalue weighted by Gasteiger charge is 2.27. The first kappa shape index (κ1) is 17.7. The molecule has 1 aliphatic rings. The normalized spacial score (nSPS) is 15.6. The van der Waals surface area contributed by atoms with Crippen LogP contribution in [0.1, 0.15) is 39.5 Å². The number of nitrogens with zero attached hydrogens (tertiary/aromatic N) is 2. The van der Waals surface area contributed by atoms with Crippen LogP contribution in [0.25, 0.3) is 0 Å². The van der Waals surface area contributed by atoms with Crippen molar-refractivity contribution in [1.82, 2.24) is 4.31 Å². The fourth-order valence-electron chi connectivity index (χ4n) is 2.84. The quantitative estimate of drug-likeness (QED) is 0.772. The minimum absolute atomic E-state index is 0.0332. The number of benzene rings is 1. The molecule has 23 heavy (non-hydrogen) atoms. The number of carbonyl (C=O) groups is 1. The topological polar surface area (TPSA) is 83.7 Å². The fraction of sp³-hybridized carbons (Fsp3) is 0.562.